The molecule has 3 heterocycles. The normalized spacial score (nSPS) is 22.8. The van der Waals surface area contributed by atoms with Crippen LogP contribution in [0, 0.1) is 0 Å². The summed E-state index contributed by atoms with van der Waals surface area (Å²) in [7, 11) is 0. The Morgan fingerprint density at radius 2 is 0.796 bits per heavy atom. The number of aromatic hydroxyl groups is 2. The van der Waals surface area contributed by atoms with E-state index in [0.717, 1.165) is 44.2 Å². The molecular formula is C45H54ClNaO7. The van der Waals surface area contributed by atoms with Gasteiger partial charge in [0.15, 0.2) is 0 Å². The fraction of sp³-hybridized carbons (Fsp3) is 0.467. The van der Waals surface area contributed by atoms with Crippen molar-refractivity contribution in [2.24, 2.45) is 0 Å². The van der Waals surface area contributed by atoms with Crippen LogP contribution in [0.2, 0.25) is 0 Å². The summed E-state index contributed by atoms with van der Waals surface area (Å²) in [6.07, 6.45) is 13.2. The van der Waals surface area contributed by atoms with Gasteiger partial charge in [-0.2, -0.15) is 0 Å². The van der Waals surface area contributed by atoms with E-state index in [4.69, 9.17) is 35.3 Å². The molecule has 284 valence electrons. The van der Waals surface area contributed by atoms with Crippen LogP contribution in [0.25, 0.3) is 0 Å². The Balaban J connectivity index is 0.000000188. The molecule has 3 aliphatic heterocycles. The van der Waals surface area contributed by atoms with Gasteiger partial charge in [-0.05, 0) is 96.5 Å². The SMILES string of the molecule is ClCC1CO1.Oc1ccc(C2(c3ccc(O)cc3)CCCCC2)cc1.[H-].[Na+].c1cc(C2(c3ccc(OCC4CO4)cc3)CCCCC2)ccc1OCC1CO1. The van der Waals surface area contributed by atoms with E-state index in [2.05, 4.69) is 48.5 Å². The third-order valence-electron chi connectivity index (χ3n) is 11.3. The van der Waals surface area contributed by atoms with Crippen molar-refractivity contribution < 1.29 is 64.9 Å². The molecule has 2 N–H and O–H groups in total. The number of phenols is 2. The first-order valence-corrected chi connectivity index (χ1v) is 20.0. The summed E-state index contributed by atoms with van der Waals surface area (Å²) in [5.41, 5.74) is 5.43. The molecule has 54 heavy (non-hydrogen) atoms. The van der Waals surface area contributed by atoms with Gasteiger partial charge in [0.05, 0.1) is 31.8 Å². The average molecular weight is 765 g/mol. The zero-order chi connectivity index (χ0) is 36.5. The van der Waals surface area contributed by atoms with E-state index >= 15 is 0 Å². The molecule has 9 heteroatoms. The predicted molar refractivity (Wildman–Crippen MR) is 209 cm³/mol. The molecule has 0 amide bonds. The van der Waals surface area contributed by atoms with E-state index in [9.17, 15) is 10.2 Å². The summed E-state index contributed by atoms with van der Waals surface area (Å²) >= 11 is 5.27. The van der Waals surface area contributed by atoms with E-state index in [1.807, 2.05) is 24.3 Å². The second-order valence-electron chi connectivity index (χ2n) is 15.1. The smallest absolute Gasteiger partial charge is 1.00 e. The Bertz CT molecular complexity index is 1590. The molecule has 9 rings (SSSR count). The molecule has 0 bridgehead atoms. The molecule has 5 fully saturated rings. The molecule has 2 aliphatic carbocycles. The molecule has 5 aliphatic rings. The summed E-state index contributed by atoms with van der Waals surface area (Å²) in [4.78, 5) is 0. The Morgan fingerprint density at radius 1 is 0.500 bits per heavy atom. The van der Waals surface area contributed by atoms with E-state index in [-0.39, 0.29) is 54.0 Å². The van der Waals surface area contributed by atoms with Crippen LogP contribution in [0.5, 0.6) is 23.0 Å². The van der Waals surface area contributed by atoms with Crippen molar-refractivity contribution in [3.05, 3.63) is 119 Å². The molecule has 7 nitrogen and oxygen atoms in total. The van der Waals surface area contributed by atoms with E-state index < -0.39 is 0 Å². The van der Waals surface area contributed by atoms with Crippen LogP contribution in [0.4, 0.5) is 0 Å². The van der Waals surface area contributed by atoms with Gasteiger partial charge in [-0.25, -0.2) is 0 Å². The third kappa shape index (κ3) is 11.0. The van der Waals surface area contributed by atoms with Gasteiger partial charge in [0.25, 0.3) is 0 Å². The fourth-order valence-corrected chi connectivity index (χ4v) is 8.14. The monoisotopic (exact) mass is 764 g/mol. The van der Waals surface area contributed by atoms with Crippen molar-refractivity contribution in [1.29, 1.82) is 0 Å². The zero-order valence-corrected chi connectivity index (χ0v) is 34.4. The minimum absolute atomic E-state index is 0. The summed E-state index contributed by atoms with van der Waals surface area (Å²) < 4.78 is 26.8. The first kappa shape index (κ1) is 40.9. The quantitative estimate of drug-likeness (QED) is 0.101. The molecule has 3 unspecified atom stereocenters. The maximum Gasteiger partial charge on any atom is 1.00 e. The Kier molecular flexibility index (Phi) is 14.7. The molecule has 2 saturated carbocycles. The van der Waals surface area contributed by atoms with Crippen molar-refractivity contribution in [2.45, 2.75) is 93.4 Å². The maximum absolute atomic E-state index is 9.51. The van der Waals surface area contributed by atoms with Gasteiger partial charge in [-0.1, -0.05) is 87.1 Å². The number of hydrogen-bond acceptors (Lipinski definition) is 7. The van der Waals surface area contributed by atoms with Crippen molar-refractivity contribution in [2.75, 3.05) is 38.9 Å². The topological polar surface area (TPSA) is 96.5 Å². The number of halogens is 1. The summed E-state index contributed by atoms with van der Waals surface area (Å²) in [6.45, 7) is 3.84. The van der Waals surface area contributed by atoms with Gasteiger partial charge in [-0.3, -0.25) is 0 Å². The van der Waals surface area contributed by atoms with Gasteiger partial charge in [-0.15, -0.1) is 11.6 Å². The number of hydrogen-bond donors (Lipinski definition) is 2. The van der Waals surface area contributed by atoms with E-state index in [1.54, 1.807) is 24.3 Å². The van der Waals surface area contributed by atoms with Crippen LogP contribution in [0.1, 0.15) is 87.9 Å². The van der Waals surface area contributed by atoms with Crippen LogP contribution in [0.15, 0.2) is 97.1 Å². The predicted octanol–water partition coefficient (Wildman–Crippen LogP) is 6.58. The van der Waals surface area contributed by atoms with Gasteiger partial charge >= 0.3 is 29.6 Å². The van der Waals surface area contributed by atoms with Gasteiger partial charge in [0, 0.05) is 10.8 Å². The summed E-state index contributed by atoms with van der Waals surface area (Å²) in [5.74, 6) is 3.14. The van der Waals surface area contributed by atoms with E-state index in [1.165, 1.54) is 73.6 Å². The minimum Gasteiger partial charge on any atom is -1.00 e. The molecule has 4 aromatic carbocycles. The standard InChI is InChI=1S/C24H28O4.C18H20O2.C3H5ClO.Na.H/c1-2-12-24(13-3-1,18-4-8-20(9-5-18)25-14-22-16-27-22)19-6-10-21(11-7-19)26-15-23-17-28-23;19-16-8-4-14(5-9-16)18(12-2-1-3-13-18)15-6-10-17(20)11-7-15;4-1-3-2-5-3;;/h4-11,22-23H,1-3,12-17H2;4-11,19-20H,1-3,12-13H2;3H,1-2H2;;/q;;;+1;-1. The van der Waals surface area contributed by atoms with Crippen LogP contribution in [0.3, 0.4) is 0 Å². The second kappa shape index (κ2) is 19.4. The summed E-state index contributed by atoms with van der Waals surface area (Å²) in [6, 6.07) is 32.7. The molecule has 3 saturated heterocycles. The van der Waals surface area contributed by atoms with Gasteiger partial charge < -0.3 is 35.3 Å². The third-order valence-corrected chi connectivity index (χ3v) is 11.7. The van der Waals surface area contributed by atoms with Gasteiger partial charge in [0.2, 0.25) is 0 Å². The number of epoxide rings is 3. The second-order valence-corrected chi connectivity index (χ2v) is 15.4. The van der Waals surface area contributed by atoms with Crippen molar-refractivity contribution in [3.8, 4) is 23.0 Å². The van der Waals surface area contributed by atoms with Crippen LogP contribution < -0.4 is 39.0 Å². The van der Waals surface area contributed by atoms with Crippen molar-refractivity contribution in [1.82, 2.24) is 0 Å². The first-order valence-electron chi connectivity index (χ1n) is 19.4. The molecular weight excluding hydrogens is 711 g/mol. The fourth-order valence-electron chi connectivity index (χ4n) is 7.96. The number of benzene rings is 4. The Labute approximate surface area is 349 Å². The zero-order valence-electron chi connectivity index (χ0n) is 32.6. The molecule has 4 aromatic rings. The minimum atomic E-state index is 0. The van der Waals surface area contributed by atoms with Crippen LogP contribution in [-0.2, 0) is 25.0 Å². The number of alkyl halides is 1. The summed E-state index contributed by atoms with van der Waals surface area (Å²) in [5, 5.41) is 19.0. The first-order chi connectivity index (χ1) is 26.0. The Hall–Kier alpha value is -2.75. The maximum atomic E-state index is 9.51. The molecule has 0 aromatic heterocycles. The van der Waals surface area contributed by atoms with Crippen molar-refractivity contribution >= 4 is 11.6 Å². The Morgan fingerprint density at radius 3 is 1.06 bits per heavy atom. The van der Waals surface area contributed by atoms with Crippen molar-refractivity contribution in [3.63, 3.8) is 0 Å². The molecule has 3 atom stereocenters. The van der Waals surface area contributed by atoms with Crippen LogP contribution in [-0.4, -0.2) is 67.4 Å². The number of ether oxygens (including phenoxy) is 5. The average Bonchev–Trinajstić information content (AvgIpc) is 4.06. The number of phenolic OH excluding ortho intramolecular Hbond substituents is 2. The molecule has 0 radical (unpaired) electrons. The number of rotatable bonds is 11. The van der Waals surface area contributed by atoms with Gasteiger partial charge in [0.1, 0.15) is 48.4 Å². The molecule has 0 spiro atoms. The van der Waals surface area contributed by atoms with Crippen LogP contribution >= 0.6 is 11.6 Å². The van der Waals surface area contributed by atoms with E-state index in [0.29, 0.717) is 36.7 Å². The largest absolute Gasteiger partial charge is 1.00 e.